The molecule has 0 aliphatic heterocycles. The van der Waals surface area contributed by atoms with E-state index in [0.717, 1.165) is 9.91 Å². The predicted octanol–water partition coefficient (Wildman–Crippen LogP) is -1.55. The standard InChI is InChI=1S/C9H12AsN2O3S/c1-6-3-7(4-9(11)13)12-5-8(6)10-16(2,14)15/h3-5,10H,1-2H3,(H2,11,13). The molecule has 0 fully saturated rings. The molecule has 1 aromatic rings. The Morgan fingerprint density at radius 3 is 2.62 bits per heavy atom. The summed E-state index contributed by atoms with van der Waals surface area (Å²) in [5.41, 5.74) is 6.27. The molecule has 0 saturated carbocycles. The van der Waals surface area contributed by atoms with Crippen molar-refractivity contribution >= 4 is 33.0 Å². The summed E-state index contributed by atoms with van der Waals surface area (Å²) in [5.74, 6) is -0.571. The van der Waals surface area contributed by atoms with Crippen LogP contribution in [0, 0.1) is 13.3 Å². The molecule has 1 amide bonds. The van der Waals surface area contributed by atoms with Crippen molar-refractivity contribution in [1.82, 2.24) is 4.98 Å². The summed E-state index contributed by atoms with van der Waals surface area (Å²) in [7, 11) is -2.95. The fraction of sp³-hybridized carbons (Fsp3) is 0.222. The summed E-state index contributed by atoms with van der Waals surface area (Å²) in [6, 6.07) is 1.66. The third-order valence-electron chi connectivity index (χ3n) is 1.72. The average molecular weight is 303 g/mol. The predicted molar refractivity (Wildman–Crippen MR) is 63.2 cm³/mol. The Hall–Kier alpha value is -0.872. The second-order valence-electron chi connectivity index (χ2n) is 3.35. The van der Waals surface area contributed by atoms with Gasteiger partial charge >= 0.3 is 100 Å². The molecule has 16 heavy (non-hydrogen) atoms. The molecule has 0 spiro atoms. The fourth-order valence-corrected chi connectivity index (χ4v) is 5.87. The molecular weight excluding hydrogens is 291 g/mol. The van der Waals surface area contributed by atoms with Gasteiger partial charge in [-0.2, -0.15) is 0 Å². The number of hydrogen-bond acceptors (Lipinski definition) is 4. The molecule has 1 heterocycles. The molecule has 0 saturated heterocycles. The summed E-state index contributed by atoms with van der Waals surface area (Å²) in [4.78, 5) is 14.6. The van der Waals surface area contributed by atoms with Gasteiger partial charge in [0.25, 0.3) is 0 Å². The van der Waals surface area contributed by atoms with E-state index < -0.39 is 28.6 Å². The van der Waals surface area contributed by atoms with Crippen molar-refractivity contribution in [2.75, 3.05) is 6.26 Å². The second kappa shape index (κ2) is 4.97. The van der Waals surface area contributed by atoms with Gasteiger partial charge in [0, 0.05) is 0 Å². The van der Waals surface area contributed by atoms with Gasteiger partial charge in [0.1, 0.15) is 0 Å². The summed E-state index contributed by atoms with van der Waals surface area (Å²) in [6.07, 6.45) is 3.93. The van der Waals surface area contributed by atoms with Gasteiger partial charge in [0.15, 0.2) is 0 Å². The maximum absolute atomic E-state index is 11.2. The molecule has 7 heteroatoms. The number of carbonyl (C=O) groups excluding carboxylic acids is 1. The number of nitrogens with two attached hydrogens (primary N) is 1. The van der Waals surface area contributed by atoms with E-state index in [1.165, 1.54) is 18.9 Å². The van der Waals surface area contributed by atoms with Gasteiger partial charge in [0.2, 0.25) is 0 Å². The number of hydrogen-bond donors (Lipinski definition) is 1. The molecule has 1 atom stereocenters. The number of pyridine rings is 1. The summed E-state index contributed by atoms with van der Waals surface area (Å²) in [6.45, 7) is 1.80. The van der Waals surface area contributed by atoms with Crippen LogP contribution in [0.25, 0.3) is 0 Å². The molecule has 0 aliphatic carbocycles. The molecule has 1 aromatic heterocycles. The van der Waals surface area contributed by atoms with E-state index in [0.29, 0.717) is 5.69 Å². The molecule has 0 aliphatic rings. The Morgan fingerprint density at radius 1 is 1.56 bits per heavy atom. The van der Waals surface area contributed by atoms with E-state index in [2.05, 4.69) is 4.98 Å². The molecule has 0 aromatic carbocycles. The molecule has 1 rings (SSSR count). The fourth-order valence-electron chi connectivity index (χ4n) is 1.11. The van der Waals surface area contributed by atoms with Gasteiger partial charge in [-0.05, 0) is 0 Å². The van der Waals surface area contributed by atoms with Crippen molar-refractivity contribution in [2.45, 2.75) is 6.92 Å². The van der Waals surface area contributed by atoms with Crippen LogP contribution in [-0.2, 0) is 12.9 Å². The van der Waals surface area contributed by atoms with Crippen LogP contribution in [0.2, 0.25) is 0 Å². The van der Waals surface area contributed by atoms with Crippen LogP contribution in [0.4, 0.5) is 0 Å². The summed E-state index contributed by atoms with van der Waals surface area (Å²) >= 11 is -1.23. The zero-order chi connectivity index (χ0) is 12.3. The molecule has 1 radical (unpaired) electrons. The van der Waals surface area contributed by atoms with Crippen molar-refractivity contribution in [3.63, 3.8) is 0 Å². The van der Waals surface area contributed by atoms with Gasteiger partial charge in [-0.1, -0.05) is 0 Å². The second-order valence-corrected chi connectivity index (χ2v) is 12.2. The van der Waals surface area contributed by atoms with Crippen LogP contribution in [0.3, 0.4) is 0 Å². The third kappa shape index (κ3) is 4.33. The maximum atomic E-state index is 11.2. The Bertz CT molecular complexity index is 513. The number of primary amides is 1. The zero-order valence-corrected chi connectivity index (χ0v) is 11.8. The number of nitrogens with zero attached hydrogens (tertiary/aromatic N) is 1. The van der Waals surface area contributed by atoms with E-state index in [-0.39, 0.29) is 0 Å². The monoisotopic (exact) mass is 303 g/mol. The van der Waals surface area contributed by atoms with Crippen LogP contribution in [0.5, 0.6) is 0 Å². The first-order chi connectivity index (χ1) is 7.28. The van der Waals surface area contributed by atoms with E-state index >= 15 is 0 Å². The van der Waals surface area contributed by atoms with E-state index in [4.69, 9.17) is 5.73 Å². The topological polar surface area (TPSA) is 90.1 Å². The van der Waals surface area contributed by atoms with Crippen LogP contribution in [-0.4, -0.2) is 40.2 Å². The van der Waals surface area contributed by atoms with Gasteiger partial charge in [-0.3, -0.25) is 0 Å². The Balaban J connectivity index is 2.96. The van der Waals surface area contributed by atoms with Gasteiger partial charge in [-0.25, -0.2) is 0 Å². The van der Waals surface area contributed by atoms with Crippen molar-refractivity contribution in [3.8, 4) is 0 Å². The molecule has 5 nitrogen and oxygen atoms in total. The number of carbonyl (C=O) groups is 1. The van der Waals surface area contributed by atoms with E-state index in [1.54, 1.807) is 13.0 Å². The Kier molecular flexibility index (Phi) is 4.10. The van der Waals surface area contributed by atoms with Gasteiger partial charge in [0.05, 0.1) is 0 Å². The quantitative estimate of drug-likeness (QED) is 0.682. The normalized spacial score (nSPS) is 12.1. The molecule has 1 unspecified atom stereocenters. The van der Waals surface area contributed by atoms with Crippen LogP contribution in [0.1, 0.15) is 11.3 Å². The average Bonchev–Trinajstić information content (AvgIpc) is 2.06. The van der Waals surface area contributed by atoms with Gasteiger partial charge in [-0.15, -0.1) is 0 Å². The number of rotatable bonds is 4. The Labute approximate surface area is 100 Å². The molecule has 0 bridgehead atoms. The van der Waals surface area contributed by atoms with Crippen molar-refractivity contribution in [1.29, 1.82) is 0 Å². The first-order valence-electron chi connectivity index (χ1n) is 4.36. The van der Waals surface area contributed by atoms with E-state index in [9.17, 15) is 13.2 Å². The van der Waals surface area contributed by atoms with Crippen LogP contribution in [0.15, 0.2) is 12.3 Å². The first kappa shape index (κ1) is 13.2. The van der Waals surface area contributed by atoms with Crippen LogP contribution < -0.4 is 10.1 Å². The van der Waals surface area contributed by atoms with E-state index in [1.807, 2.05) is 0 Å². The summed E-state index contributed by atoms with van der Waals surface area (Å²) in [5, 5.41) is 0. The van der Waals surface area contributed by atoms with Gasteiger partial charge < -0.3 is 0 Å². The minimum absolute atomic E-state index is 0.453. The van der Waals surface area contributed by atoms with Crippen molar-refractivity contribution < 1.29 is 13.2 Å². The number of aromatic nitrogens is 1. The van der Waals surface area contributed by atoms with Crippen LogP contribution >= 0.6 is 0 Å². The third-order valence-corrected chi connectivity index (χ3v) is 7.12. The minimum atomic E-state index is -2.95. The first-order valence-corrected chi connectivity index (χ1v) is 9.87. The van der Waals surface area contributed by atoms with Crippen molar-refractivity contribution in [2.24, 2.45) is 5.73 Å². The SMILES string of the molecule is Cc1cc([CH]C(N)=O)ncc1[AsH]S(C)(=O)=O. The number of aryl methyl sites for hydroxylation is 1. The number of amides is 1. The summed E-state index contributed by atoms with van der Waals surface area (Å²) < 4.78 is 23.1. The molecule has 87 valence electrons. The Morgan fingerprint density at radius 2 is 2.19 bits per heavy atom. The van der Waals surface area contributed by atoms with Crippen molar-refractivity contribution in [3.05, 3.63) is 29.9 Å². The zero-order valence-electron chi connectivity index (χ0n) is 8.89. The molecular formula is C9H12AsN2O3S. The molecule has 2 N–H and O–H groups in total.